The number of benzene rings is 1. The first-order chi connectivity index (χ1) is 9.74. The molecule has 0 aliphatic rings. The van der Waals surface area contributed by atoms with Crippen LogP contribution in [0.25, 0.3) is 22.4 Å². The van der Waals surface area contributed by atoms with Crippen LogP contribution in [-0.4, -0.2) is 20.3 Å². The van der Waals surface area contributed by atoms with Gasteiger partial charge >= 0.3 is 0 Å². The standard InChI is InChI=1S/C16H15N3O/c1-11(20)15-3-2-4-16(19-15)13-7-5-12(6-8-13)14-9-17-18-10-14/h2-11,20H,1H3,(H,17,18)/t11-/m1/s1. The van der Waals surface area contributed by atoms with Gasteiger partial charge in [0.15, 0.2) is 0 Å². The number of aromatic nitrogens is 3. The highest BCUT2D eigenvalue weighted by Crippen LogP contribution is 2.24. The van der Waals surface area contributed by atoms with Gasteiger partial charge in [-0.05, 0) is 24.6 Å². The van der Waals surface area contributed by atoms with Crippen LogP contribution in [0.2, 0.25) is 0 Å². The van der Waals surface area contributed by atoms with Crippen LogP contribution in [0.4, 0.5) is 0 Å². The molecule has 20 heavy (non-hydrogen) atoms. The molecule has 1 aromatic carbocycles. The molecule has 0 aliphatic heterocycles. The van der Waals surface area contributed by atoms with E-state index in [0.717, 1.165) is 22.4 Å². The normalized spacial score (nSPS) is 12.3. The lowest BCUT2D eigenvalue weighted by Crippen LogP contribution is -1.96. The summed E-state index contributed by atoms with van der Waals surface area (Å²) in [6.45, 7) is 1.72. The fraction of sp³-hybridized carbons (Fsp3) is 0.125. The van der Waals surface area contributed by atoms with Gasteiger partial charge in [-0.2, -0.15) is 5.10 Å². The van der Waals surface area contributed by atoms with Crippen LogP contribution in [0, 0.1) is 0 Å². The molecular formula is C16H15N3O. The van der Waals surface area contributed by atoms with Crippen LogP contribution in [-0.2, 0) is 0 Å². The summed E-state index contributed by atoms with van der Waals surface area (Å²) in [6.07, 6.45) is 3.10. The lowest BCUT2D eigenvalue weighted by atomic mass is 10.0. The molecule has 4 nitrogen and oxygen atoms in total. The highest BCUT2D eigenvalue weighted by atomic mass is 16.3. The van der Waals surface area contributed by atoms with Crippen LogP contribution in [0.15, 0.2) is 54.9 Å². The zero-order chi connectivity index (χ0) is 13.9. The van der Waals surface area contributed by atoms with Crippen molar-refractivity contribution >= 4 is 0 Å². The quantitative estimate of drug-likeness (QED) is 0.764. The van der Waals surface area contributed by atoms with E-state index >= 15 is 0 Å². The molecule has 0 saturated carbocycles. The van der Waals surface area contributed by atoms with Gasteiger partial charge in [0.25, 0.3) is 0 Å². The van der Waals surface area contributed by atoms with E-state index in [2.05, 4.69) is 15.2 Å². The second kappa shape index (κ2) is 5.27. The average Bonchev–Trinajstić information content (AvgIpc) is 3.02. The summed E-state index contributed by atoms with van der Waals surface area (Å²) < 4.78 is 0. The van der Waals surface area contributed by atoms with Gasteiger partial charge in [0.05, 0.1) is 23.7 Å². The van der Waals surface area contributed by atoms with Gasteiger partial charge in [-0.25, -0.2) is 0 Å². The third-order valence-corrected chi connectivity index (χ3v) is 3.21. The van der Waals surface area contributed by atoms with Crippen LogP contribution in [0.1, 0.15) is 18.7 Å². The van der Waals surface area contributed by atoms with Crippen molar-refractivity contribution in [2.24, 2.45) is 0 Å². The van der Waals surface area contributed by atoms with Crippen molar-refractivity contribution in [3.63, 3.8) is 0 Å². The van der Waals surface area contributed by atoms with Gasteiger partial charge in [0.2, 0.25) is 0 Å². The summed E-state index contributed by atoms with van der Waals surface area (Å²) in [7, 11) is 0. The molecule has 2 N–H and O–H groups in total. The first kappa shape index (κ1) is 12.6. The third-order valence-electron chi connectivity index (χ3n) is 3.21. The molecule has 0 aliphatic carbocycles. The maximum Gasteiger partial charge on any atom is 0.0932 e. The predicted molar refractivity (Wildman–Crippen MR) is 77.9 cm³/mol. The molecule has 0 saturated heterocycles. The number of H-pyrrole nitrogens is 1. The molecule has 2 aromatic heterocycles. The van der Waals surface area contributed by atoms with Crippen molar-refractivity contribution in [2.75, 3.05) is 0 Å². The number of hydrogen-bond acceptors (Lipinski definition) is 3. The summed E-state index contributed by atoms with van der Waals surface area (Å²) in [5, 5.41) is 16.3. The maximum atomic E-state index is 9.59. The highest BCUT2D eigenvalue weighted by Gasteiger charge is 2.06. The number of aromatic amines is 1. The molecule has 3 rings (SSSR count). The zero-order valence-corrected chi connectivity index (χ0v) is 11.1. The molecule has 4 heteroatoms. The Morgan fingerprint density at radius 1 is 1.00 bits per heavy atom. The van der Waals surface area contributed by atoms with Crippen molar-refractivity contribution in [2.45, 2.75) is 13.0 Å². The van der Waals surface area contributed by atoms with Gasteiger partial charge in [0.1, 0.15) is 0 Å². The number of pyridine rings is 1. The minimum Gasteiger partial charge on any atom is -0.387 e. The molecule has 0 spiro atoms. The molecule has 0 fully saturated rings. The zero-order valence-electron chi connectivity index (χ0n) is 11.1. The smallest absolute Gasteiger partial charge is 0.0932 e. The van der Waals surface area contributed by atoms with Crippen molar-refractivity contribution in [3.8, 4) is 22.4 Å². The van der Waals surface area contributed by atoms with E-state index < -0.39 is 6.10 Å². The van der Waals surface area contributed by atoms with E-state index in [0.29, 0.717) is 5.69 Å². The predicted octanol–water partition coefficient (Wildman–Crippen LogP) is 3.19. The molecule has 0 unspecified atom stereocenters. The van der Waals surface area contributed by atoms with Crippen molar-refractivity contribution in [1.29, 1.82) is 0 Å². The van der Waals surface area contributed by atoms with Gasteiger partial charge in [-0.3, -0.25) is 10.1 Å². The molecule has 0 amide bonds. The summed E-state index contributed by atoms with van der Waals surface area (Å²) >= 11 is 0. The fourth-order valence-corrected chi connectivity index (χ4v) is 2.09. The second-order valence-electron chi connectivity index (χ2n) is 4.69. The monoisotopic (exact) mass is 265 g/mol. The second-order valence-corrected chi connectivity index (χ2v) is 4.69. The number of nitrogens with one attached hydrogen (secondary N) is 1. The molecule has 0 radical (unpaired) electrons. The average molecular weight is 265 g/mol. The number of aliphatic hydroxyl groups is 1. The minimum atomic E-state index is -0.555. The molecule has 1 atom stereocenters. The van der Waals surface area contributed by atoms with E-state index in [9.17, 15) is 5.11 Å². The SMILES string of the molecule is C[C@@H](O)c1cccc(-c2ccc(-c3cn[nH]c3)cc2)n1. The van der Waals surface area contributed by atoms with Crippen molar-refractivity contribution in [1.82, 2.24) is 15.2 Å². The third kappa shape index (κ3) is 2.46. The topological polar surface area (TPSA) is 61.8 Å². The Kier molecular flexibility index (Phi) is 3.31. The van der Waals surface area contributed by atoms with E-state index in [1.165, 1.54) is 0 Å². The Labute approximate surface area is 117 Å². The van der Waals surface area contributed by atoms with Crippen molar-refractivity contribution in [3.05, 3.63) is 60.6 Å². The van der Waals surface area contributed by atoms with Crippen LogP contribution < -0.4 is 0 Å². The van der Waals surface area contributed by atoms with Crippen molar-refractivity contribution < 1.29 is 5.11 Å². The Bertz CT molecular complexity index is 688. The van der Waals surface area contributed by atoms with E-state index in [1.807, 2.05) is 48.7 Å². The van der Waals surface area contributed by atoms with Gasteiger partial charge < -0.3 is 5.11 Å². The molecule has 0 bridgehead atoms. The summed E-state index contributed by atoms with van der Waals surface area (Å²) in [5.41, 5.74) is 4.74. The van der Waals surface area contributed by atoms with E-state index in [1.54, 1.807) is 13.1 Å². The Morgan fingerprint density at radius 3 is 2.40 bits per heavy atom. The minimum absolute atomic E-state index is 0.555. The Balaban J connectivity index is 1.93. The van der Waals surface area contributed by atoms with Gasteiger partial charge in [-0.15, -0.1) is 0 Å². The van der Waals surface area contributed by atoms with Gasteiger partial charge in [0, 0.05) is 17.3 Å². The van der Waals surface area contributed by atoms with Crippen LogP contribution in [0.3, 0.4) is 0 Å². The maximum absolute atomic E-state index is 9.59. The molecule has 2 heterocycles. The van der Waals surface area contributed by atoms with E-state index in [-0.39, 0.29) is 0 Å². The summed E-state index contributed by atoms with van der Waals surface area (Å²) in [4.78, 5) is 4.47. The largest absolute Gasteiger partial charge is 0.387 e. The number of aliphatic hydroxyl groups excluding tert-OH is 1. The van der Waals surface area contributed by atoms with Gasteiger partial charge in [-0.1, -0.05) is 30.3 Å². The van der Waals surface area contributed by atoms with Crippen LogP contribution in [0.5, 0.6) is 0 Å². The first-order valence-corrected chi connectivity index (χ1v) is 6.48. The molecule has 100 valence electrons. The molecular weight excluding hydrogens is 250 g/mol. The number of hydrogen-bond donors (Lipinski definition) is 2. The number of nitrogens with zero attached hydrogens (tertiary/aromatic N) is 2. The highest BCUT2D eigenvalue weighted by molar-refractivity contribution is 5.67. The Morgan fingerprint density at radius 2 is 1.75 bits per heavy atom. The molecule has 3 aromatic rings. The first-order valence-electron chi connectivity index (χ1n) is 6.48. The fourth-order valence-electron chi connectivity index (χ4n) is 2.09. The number of rotatable bonds is 3. The summed E-state index contributed by atoms with van der Waals surface area (Å²) in [5.74, 6) is 0. The Hall–Kier alpha value is -2.46. The lowest BCUT2D eigenvalue weighted by molar-refractivity contribution is 0.194. The van der Waals surface area contributed by atoms with E-state index in [4.69, 9.17) is 0 Å². The lowest BCUT2D eigenvalue weighted by Gasteiger charge is -2.07. The van der Waals surface area contributed by atoms with Crippen LogP contribution >= 0.6 is 0 Å². The summed E-state index contributed by atoms with van der Waals surface area (Å²) in [6, 6.07) is 13.8.